The molecule has 20 heavy (non-hydrogen) atoms. The van der Waals surface area contributed by atoms with E-state index < -0.39 is 0 Å². The van der Waals surface area contributed by atoms with Crippen molar-refractivity contribution in [3.8, 4) is 5.75 Å². The van der Waals surface area contributed by atoms with Gasteiger partial charge in [0, 0.05) is 12.0 Å². The highest BCUT2D eigenvalue weighted by atomic mass is 79.9. The molecule has 0 heterocycles. The van der Waals surface area contributed by atoms with Gasteiger partial charge in [0.2, 0.25) is 0 Å². The maximum absolute atomic E-state index is 13.1. The molecule has 0 atom stereocenters. The fraction of sp³-hybridized carbons (Fsp3) is 0.188. The number of hydrogen-bond acceptors (Lipinski definition) is 2. The van der Waals surface area contributed by atoms with Crippen LogP contribution < -0.4 is 4.74 Å². The Bertz CT molecular complexity index is 626. The van der Waals surface area contributed by atoms with Crippen molar-refractivity contribution >= 4 is 21.7 Å². The molecule has 0 saturated carbocycles. The van der Waals surface area contributed by atoms with Crippen LogP contribution in [-0.2, 0) is 6.42 Å². The molecule has 0 fully saturated rings. The lowest BCUT2D eigenvalue weighted by atomic mass is 10.0. The Kier molecular flexibility index (Phi) is 4.90. The highest BCUT2D eigenvalue weighted by molar-refractivity contribution is 9.10. The van der Waals surface area contributed by atoms with Gasteiger partial charge in [-0.25, -0.2) is 4.39 Å². The second-order valence-corrected chi connectivity index (χ2v) is 5.16. The van der Waals surface area contributed by atoms with Crippen LogP contribution >= 0.6 is 15.9 Å². The number of benzene rings is 2. The first-order chi connectivity index (χ1) is 9.60. The molecule has 2 rings (SSSR count). The van der Waals surface area contributed by atoms with Gasteiger partial charge < -0.3 is 4.74 Å². The summed E-state index contributed by atoms with van der Waals surface area (Å²) in [6, 6.07) is 11.7. The summed E-state index contributed by atoms with van der Waals surface area (Å²) in [6.45, 7) is 2.45. The average Bonchev–Trinajstić information content (AvgIpc) is 2.43. The summed E-state index contributed by atoms with van der Waals surface area (Å²) < 4.78 is 18.9. The summed E-state index contributed by atoms with van der Waals surface area (Å²) in [5, 5.41) is 0. The van der Waals surface area contributed by atoms with Gasteiger partial charge >= 0.3 is 0 Å². The molecular formula is C16H14BrFO2. The number of hydrogen-bond donors (Lipinski definition) is 0. The Labute approximate surface area is 125 Å². The van der Waals surface area contributed by atoms with E-state index in [1.165, 1.54) is 6.07 Å². The SMILES string of the molecule is CCOc1cccc(C(=O)Cc2ccc(F)c(Br)c2)c1. The van der Waals surface area contributed by atoms with Crippen molar-refractivity contribution < 1.29 is 13.9 Å². The third-order valence-electron chi connectivity index (χ3n) is 2.82. The van der Waals surface area contributed by atoms with Gasteiger partial charge in [0.05, 0.1) is 11.1 Å². The zero-order chi connectivity index (χ0) is 14.5. The van der Waals surface area contributed by atoms with Crippen LogP contribution in [0.3, 0.4) is 0 Å². The number of halogens is 2. The van der Waals surface area contributed by atoms with E-state index in [9.17, 15) is 9.18 Å². The Morgan fingerprint density at radius 2 is 2.05 bits per heavy atom. The summed E-state index contributed by atoms with van der Waals surface area (Å²) in [5.74, 6) is 0.322. The molecule has 2 aromatic rings. The third-order valence-corrected chi connectivity index (χ3v) is 3.42. The number of ether oxygens (including phenoxy) is 1. The van der Waals surface area contributed by atoms with E-state index in [-0.39, 0.29) is 18.0 Å². The second-order valence-electron chi connectivity index (χ2n) is 4.31. The summed E-state index contributed by atoms with van der Waals surface area (Å²) >= 11 is 3.12. The molecule has 0 aliphatic heterocycles. The largest absolute Gasteiger partial charge is 0.494 e. The van der Waals surface area contributed by atoms with Crippen LogP contribution in [0.15, 0.2) is 46.9 Å². The molecular weight excluding hydrogens is 323 g/mol. The van der Waals surface area contributed by atoms with Crippen molar-refractivity contribution in [2.45, 2.75) is 13.3 Å². The number of ketones is 1. The van der Waals surface area contributed by atoms with Gasteiger partial charge in [-0.05, 0) is 52.7 Å². The minimum Gasteiger partial charge on any atom is -0.494 e. The Morgan fingerprint density at radius 3 is 2.75 bits per heavy atom. The zero-order valence-corrected chi connectivity index (χ0v) is 12.6. The number of carbonyl (C=O) groups is 1. The van der Waals surface area contributed by atoms with Crippen LogP contribution in [0.1, 0.15) is 22.8 Å². The van der Waals surface area contributed by atoms with E-state index in [4.69, 9.17) is 4.74 Å². The van der Waals surface area contributed by atoms with Crippen molar-refractivity contribution in [1.82, 2.24) is 0 Å². The quantitative estimate of drug-likeness (QED) is 0.756. The van der Waals surface area contributed by atoms with E-state index in [2.05, 4.69) is 15.9 Å². The predicted molar refractivity (Wildman–Crippen MR) is 79.7 cm³/mol. The standard InChI is InChI=1S/C16H14BrFO2/c1-2-20-13-5-3-4-12(10-13)16(19)9-11-6-7-15(18)14(17)8-11/h3-8,10H,2,9H2,1H3. The van der Waals surface area contributed by atoms with E-state index in [0.29, 0.717) is 22.4 Å². The molecule has 2 nitrogen and oxygen atoms in total. The van der Waals surface area contributed by atoms with E-state index in [0.717, 1.165) is 5.56 Å². The summed E-state index contributed by atoms with van der Waals surface area (Å²) in [7, 11) is 0. The normalized spacial score (nSPS) is 10.3. The fourth-order valence-corrected chi connectivity index (χ4v) is 2.29. The highest BCUT2D eigenvalue weighted by Crippen LogP contribution is 2.19. The van der Waals surface area contributed by atoms with Crippen LogP contribution in [-0.4, -0.2) is 12.4 Å². The first kappa shape index (κ1) is 14.7. The van der Waals surface area contributed by atoms with Gasteiger partial charge in [-0.2, -0.15) is 0 Å². The molecule has 104 valence electrons. The lowest BCUT2D eigenvalue weighted by molar-refractivity contribution is 0.0992. The Hall–Kier alpha value is -1.68. The number of rotatable bonds is 5. The summed E-state index contributed by atoms with van der Waals surface area (Å²) in [6.07, 6.45) is 0.231. The molecule has 0 radical (unpaired) electrons. The molecule has 0 saturated heterocycles. The van der Waals surface area contributed by atoms with Crippen LogP contribution in [0, 0.1) is 5.82 Å². The smallest absolute Gasteiger partial charge is 0.167 e. The Balaban J connectivity index is 2.15. The minimum absolute atomic E-state index is 0.0231. The van der Waals surface area contributed by atoms with Crippen molar-refractivity contribution in [3.05, 3.63) is 63.9 Å². The molecule has 0 N–H and O–H groups in total. The van der Waals surface area contributed by atoms with E-state index >= 15 is 0 Å². The maximum atomic E-state index is 13.1. The van der Waals surface area contributed by atoms with Gasteiger partial charge in [0.25, 0.3) is 0 Å². The number of carbonyl (C=O) groups excluding carboxylic acids is 1. The van der Waals surface area contributed by atoms with Crippen molar-refractivity contribution in [2.24, 2.45) is 0 Å². The van der Waals surface area contributed by atoms with Crippen LogP contribution in [0.5, 0.6) is 5.75 Å². The monoisotopic (exact) mass is 336 g/mol. The molecule has 2 aromatic carbocycles. The van der Waals surface area contributed by atoms with Gasteiger partial charge in [-0.1, -0.05) is 18.2 Å². The molecule has 0 unspecified atom stereocenters. The minimum atomic E-state index is -0.334. The van der Waals surface area contributed by atoms with Crippen LogP contribution in [0.2, 0.25) is 0 Å². The first-order valence-electron chi connectivity index (χ1n) is 6.30. The summed E-state index contributed by atoms with van der Waals surface area (Å²) in [5.41, 5.74) is 1.36. The third kappa shape index (κ3) is 3.67. The van der Waals surface area contributed by atoms with Crippen molar-refractivity contribution in [2.75, 3.05) is 6.61 Å². The highest BCUT2D eigenvalue weighted by Gasteiger charge is 2.09. The number of Topliss-reactive ketones (excluding diaryl/α,β-unsaturated/α-hetero) is 1. The topological polar surface area (TPSA) is 26.3 Å². The zero-order valence-electron chi connectivity index (χ0n) is 11.0. The maximum Gasteiger partial charge on any atom is 0.167 e. The first-order valence-corrected chi connectivity index (χ1v) is 7.09. The predicted octanol–water partition coefficient (Wildman–Crippen LogP) is 4.41. The molecule has 0 aromatic heterocycles. The van der Waals surface area contributed by atoms with E-state index in [1.54, 1.807) is 30.3 Å². The van der Waals surface area contributed by atoms with Crippen molar-refractivity contribution in [1.29, 1.82) is 0 Å². The van der Waals surface area contributed by atoms with Gasteiger partial charge in [0.1, 0.15) is 11.6 Å². The lowest BCUT2D eigenvalue weighted by Gasteiger charge is -2.06. The second kappa shape index (κ2) is 6.66. The van der Waals surface area contributed by atoms with Gasteiger partial charge in [-0.15, -0.1) is 0 Å². The Morgan fingerprint density at radius 1 is 1.25 bits per heavy atom. The molecule has 0 aliphatic rings. The molecule has 0 bridgehead atoms. The van der Waals surface area contributed by atoms with Crippen molar-refractivity contribution in [3.63, 3.8) is 0 Å². The van der Waals surface area contributed by atoms with Gasteiger partial charge in [0.15, 0.2) is 5.78 Å². The molecule has 0 aliphatic carbocycles. The van der Waals surface area contributed by atoms with Crippen LogP contribution in [0.25, 0.3) is 0 Å². The molecule has 4 heteroatoms. The average molecular weight is 337 g/mol. The fourth-order valence-electron chi connectivity index (χ4n) is 1.86. The molecule has 0 spiro atoms. The molecule has 0 amide bonds. The van der Waals surface area contributed by atoms with E-state index in [1.807, 2.05) is 13.0 Å². The lowest BCUT2D eigenvalue weighted by Crippen LogP contribution is -2.04. The van der Waals surface area contributed by atoms with Crippen LogP contribution in [0.4, 0.5) is 4.39 Å². The van der Waals surface area contributed by atoms with Gasteiger partial charge in [-0.3, -0.25) is 4.79 Å². The summed E-state index contributed by atoms with van der Waals surface area (Å²) in [4.78, 5) is 12.2.